The SMILES string of the molecule is CCCCC(NC(=O)C1CSCN1C(=O)C(C)CC)C(=O)O. The number of amides is 2. The summed E-state index contributed by atoms with van der Waals surface area (Å²) >= 11 is 1.53. The van der Waals surface area contributed by atoms with E-state index >= 15 is 0 Å². The van der Waals surface area contributed by atoms with Crippen molar-refractivity contribution in [2.75, 3.05) is 11.6 Å². The molecule has 0 aliphatic carbocycles. The van der Waals surface area contributed by atoms with Gasteiger partial charge < -0.3 is 15.3 Å². The first-order valence-corrected chi connectivity index (χ1v) is 8.99. The second kappa shape index (κ2) is 9.02. The standard InChI is InChI=1S/C15H26N2O4S/c1-4-6-7-11(15(20)21)16-13(18)12-8-22-9-17(12)14(19)10(3)5-2/h10-12H,4-9H2,1-3H3,(H,16,18)(H,20,21). The number of carboxylic acids is 1. The van der Waals surface area contributed by atoms with Crippen molar-refractivity contribution in [2.45, 2.75) is 58.5 Å². The highest BCUT2D eigenvalue weighted by Crippen LogP contribution is 2.24. The molecule has 126 valence electrons. The van der Waals surface area contributed by atoms with Gasteiger partial charge in [0.15, 0.2) is 0 Å². The highest BCUT2D eigenvalue weighted by atomic mass is 32.2. The molecule has 0 bridgehead atoms. The monoisotopic (exact) mass is 330 g/mol. The number of thioether (sulfide) groups is 1. The fourth-order valence-electron chi connectivity index (χ4n) is 2.27. The normalized spacial score (nSPS) is 20.5. The molecule has 3 atom stereocenters. The quantitative estimate of drug-likeness (QED) is 0.707. The average molecular weight is 330 g/mol. The summed E-state index contributed by atoms with van der Waals surface area (Å²) in [6, 6.07) is -1.44. The number of nitrogens with zero attached hydrogens (tertiary/aromatic N) is 1. The minimum Gasteiger partial charge on any atom is -0.480 e. The Morgan fingerprint density at radius 3 is 2.59 bits per heavy atom. The molecule has 1 fully saturated rings. The Morgan fingerprint density at radius 1 is 1.36 bits per heavy atom. The number of rotatable bonds is 8. The van der Waals surface area contributed by atoms with Gasteiger partial charge in [-0.3, -0.25) is 9.59 Å². The van der Waals surface area contributed by atoms with Crippen LogP contribution in [0.2, 0.25) is 0 Å². The number of hydrogen-bond donors (Lipinski definition) is 2. The maximum atomic E-state index is 12.4. The van der Waals surface area contributed by atoms with Crippen molar-refractivity contribution in [2.24, 2.45) is 5.92 Å². The molecule has 22 heavy (non-hydrogen) atoms. The van der Waals surface area contributed by atoms with Crippen molar-refractivity contribution < 1.29 is 19.5 Å². The van der Waals surface area contributed by atoms with E-state index in [1.807, 2.05) is 20.8 Å². The second-order valence-electron chi connectivity index (χ2n) is 5.67. The molecule has 3 unspecified atom stereocenters. The van der Waals surface area contributed by atoms with Gasteiger partial charge in [-0.1, -0.05) is 33.6 Å². The summed E-state index contributed by atoms with van der Waals surface area (Å²) in [6.07, 6.45) is 2.75. The van der Waals surface area contributed by atoms with Gasteiger partial charge >= 0.3 is 5.97 Å². The average Bonchev–Trinajstić information content (AvgIpc) is 2.98. The Bertz CT molecular complexity index is 416. The van der Waals surface area contributed by atoms with Gasteiger partial charge in [0.1, 0.15) is 12.1 Å². The van der Waals surface area contributed by atoms with Crippen LogP contribution in [0, 0.1) is 5.92 Å². The van der Waals surface area contributed by atoms with Gasteiger partial charge in [0.2, 0.25) is 11.8 Å². The van der Waals surface area contributed by atoms with E-state index in [2.05, 4.69) is 5.32 Å². The van der Waals surface area contributed by atoms with Crippen molar-refractivity contribution >= 4 is 29.5 Å². The lowest BCUT2D eigenvalue weighted by atomic mass is 10.1. The molecule has 0 spiro atoms. The summed E-state index contributed by atoms with van der Waals surface area (Å²) in [4.78, 5) is 37.5. The van der Waals surface area contributed by atoms with Crippen LogP contribution >= 0.6 is 11.8 Å². The van der Waals surface area contributed by atoms with Crippen LogP contribution < -0.4 is 5.32 Å². The molecule has 0 saturated carbocycles. The number of carbonyl (C=O) groups excluding carboxylic acids is 2. The lowest BCUT2D eigenvalue weighted by Crippen LogP contribution is -2.52. The maximum absolute atomic E-state index is 12.4. The highest BCUT2D eigenvalue weighted by Gasteiger charge is 2.37. The van der Waals surface area contributed by atoms with Crippen LogP contribution in [0.3, 0.4) is 0 Å². The number of unbranched alkanes of at least 4 members (excludes halogenated alkanes) is 1. The van der Waals surface area contributed by atoms with E-state index < -0.39 is 18.1 Å². The molecule has 2 N–H and O–H groups in total. The molecule has 0 aromatic rings. The van der Waals surface area contributed by atoms with Crippen molar-refractivity contribution in [3.63, 3.8) is 0 Å². The molecule has 6 nitrogen and oxygen atoms in total. The Balaban J connectivity index is 2.69. The van der Waals surface area contributed by atoms with Gasteiger partial charge in [0, 0.05) is 11.7 Å². The molecule has 1 saturated heterocycles. The third-order valence-corrected chi connectivity index (χ3v) is 4.98. The van der Waals surface area contributed by atoms with Gasteiger partial charge in [-0.2, -0.15) is 0 Å². The van der Waals surface area contributed by atoms with Crippen LogP contribution in [-0.2, 0) is 14.4 Å². The van der Waals surface area contributed by atoms with E-state index in [1.54, 1.807) is 4.90 Å². The van der Waals surface area contributed by atoms with Gasteiger partial charge in [-0.05, 0) is 12.8 Å². The first-order valence-electron chi connectivity index (χ1n) is 7.83. The molecule has 0 aromatic carbocycles. The summed E-state index contributed by atoms with van der Waals surface area (Å²) in [5.41, 5.74) is 0. The van der Waals surface area contributed by atoms with E-state index in [0.717, 1.165) is 19.3 Å². The molecule has 2 amide bonds. The Hall–Kier alpha value is -1.24. The third-order valence-electron chi connectivity index (χ3n) is 3.96. The molecule has 1 rings (SSSR count). The molecule has 1 heterocycles. The summed E-state index contributed by atoms with van der Waals surface area (Å²) in [6.45, 7) is 5.76. The predicted octanol–water partition coefficient (Wildman–Crippen LogP) is 1.69. The first-order chi connectivity index (χ1) is 10.4. The first kappa shape index (κ1) is 18.8. The lowest BCUT2D eigenvalue weighted by Gasteiger charge is -2.26. The fraction of sp³-hybridized carbons (Fsp3) is 0.800. The van der Waals surface area contributed by atoms with Gasteiger partial charge in [-0.15, -0.1) is 11.8 Å². The smallest absolute Gasteiger partial charge is 0.326 e. The number of nitrogens with one attached hydrogen (secondary N) is 1. The summed E-state index contributed by atoms with van der Waals surface area (Å²) in [5, 5.41) is 11.8. The molecule has 0 aromatic heterocycles. The zero-order valence-corrected chi connectivity index (χ0v) is 14.3. The predicted molar refractivity (Wildman–Crippen MR) is 86.5 cm³/mol. The van der Waals surface area contributed by atoms with Crippen LogP contribution in [0.25, 0.3) is 0 Å². The van der Waals surface area contributed by atoms with Crippen molar-refractivity contribution in [3.8, 4) is 0 Å². The molecule has 1 aliphatic heterocycles. The minimum atomic E-state index is -1.02. The fourth-order valence-corrected chi connectivity index (χ4v) is 3.43. The van der Waals surface area contributed by atoms with Gasteiger partial charge in [0.25, 0.3) is 0 Å². The number of hydrogen-bond acceptors (Lipinski definition) is 4. The van der Waals surface area contributed by atoms with Crippen LogP contribution in [0.1, 0.15) is 46.5 Å². The summed E-state index contributed by atoms with van der Waals surface area (Å²) in [5.74, 6) is -0.517. The van der Waals surface area contributed by atoms with Crippen LogP contribution in [-0.4, -0.2) is 51.5 Å². The topological polar surface area (TPSA) is 86.7 Å². The lowest BCUT2D eigenvalue weighted by molar-refractivity contribution is -0.144. The molecular formula is C15H26N2O4S. The second-order valence-corrected chi connectivity index (χ2v) is 6.67. The maximum Gasteiger partial charge on any atom is 0.326 e. The summed E-state index contributed by atoms with van der Waals surface area (Å²) < 4.78 is 0. The Labute approximate surface area is 136 Å². The molecule has 7 heteroatoms. The number of carbonyl (C=O) groups is 3. The largest absolute Gasteiger partial charge is 0.480 e. The molecule has 0 radical (unpaired) electrons. The van der Waals surface area contributed by atoms with Crippen molar-refractivity contribution in [1.29, 1.82) is 0 Å². The van der Waals surface area contributed by atoms with Gasteiger partial charge in [-0.25, -0.2) is 4.79 Å². The van der Waals surface area contributed by atoms with Crippen molar-refractivity contribution in [3.05, 3.63) is 0 Å². The molecular weight excluding hydrogens is 304 g/mol. The molecule has 1 aliphatic rings. The van der Waals surface area contributed by atoms with Crippen LogP contribution in [0.5, 0.6) is 0 Å². The van der Waals surface area contributed by atoms with E-state index in [-0.39, 0.29) is 17.7 Å². The Morgan fingerprint density at radius 2 is 2.05 bits per heavy atom. The highest BCUT2D eigenvalue weighted by molar-refractivity contribution is 7.99. The third kappa shape index (κ3) is 4.90. The minimum absolute atomic E-state index is 0.0342. The van der Waals surface area contributed by atoms with E-state index in [1.165, 1.54) is 11.8 Å². The zero-order valence-electron chi connectivity index (χ0n) is 13.5. The van der Waals surface area contributed by atoms with Gasteiger partial charge in [0.05, 0.1) is 5.88 Å². The number of aliphatic carboxylic acids is 1. The zero-order chi connectivity index (χ0) is 16.7. The van der Waals surface area contributed by atoms with Crippen LogP contribution in [0.15, 0.2) is 0 Å². The summed E-state index contributed by atoms with van der Waals surface area (Å²) in [7, 11) is 0. The van der Waals surface area contributed by atoms with Crippen molar-refractivity contribution in [1.82, 2.24) is 10.2 Å². The van der Waals surface area contributed by atoms with Crippen LogP contribution in [0.4, 0.5) is 0 Å². The Kier molecular flexibility index (Phi) is 7.72. The van der Waals surface area contributed by atoms with E-state index in [9.17, 15) is 19.5 Å². The van der Waals surface area contributed by atoms with E-state index in [0.29, 0.717) is 18.1 Å². The van der Waals surface area contributed by atoms with E-state index in [4.69, 9.17) is 0 Å². The number of carboxylic acid groups (broad SMARTS) is 1.